The van der Waals surface area contributed by atoms with Crippen molar-refractivity contribution in [1.82, 2.24) is 14.9 Å². The molecule has 144 valence electrons. The summed E-state index contributed by atoms with van der Waals surface area (Å²) < 4.78 is 26.0. The lowest BCUT2D eigenvalue weighted by molar-refractivity contribution is -0.126. The van der Waals surface area contributed by atoms with Gasteiger partial charge in [-0.1, -0.05) is 31.5 Å². The van der Waals surface area contributed by atoms with Crippen LogP contribution in [-0.2, 0) is 34.5 Å². The molecule has 2 N–H and O–H groups in total. The van der Waals surface area contributed by atoms with Gasteiger partial charge in [-0.2, -0.15) is 0 Å². The number of carbonyl (C=O) groups is 1. The molecule has 2 aliphatic rings. The van der Waals surface area contributed by atoms with Crippen LogP contribution in [-0.4, -0.2) is 37.5 Å². The number of benzene rings is 1. The van der Waals surface area contributed by atoms with E-state index in [1.165, 1.54) is 11.1 Å². The Morgan fingerprint density at radius 1 is 1.23 bits per heavy atom. The van der Waals surface area contributed by atoms with Crippen LogP contribution in [0.25, 0.3) is 0 Å². The predicted octanol–water partition coefficient (Wildman–Crippen LogP) is 1.75. The molecule has 0 aliphatic carbocycles. The molecule has 1 aromatic carbocycles. The number of rotatable bonds is 7. The maximum absolute atomic E-state index is 12.4. The number of nitrogens with one attached hydrogen (secondary N) is 2. The predicted molar refractivity (Wildman–Crippen MR) is 102 cm³/mol. The Morgan fingerprint density at radius 2 is 1.96 bits per heavy atom. The molecule has 26 heavy (non-hydrogen) atoms. The highest BCUT2D eigenvalue weighted by Crippen LogP contribution is 2.21. The number of amides is 1. The number of hydrogen-bond donors (Lipinski definition) is 2. The van der Waals surface area contributed by atoms with Gasteiger partial charge in [0.15, 0.2) is 0 Å². The van der Waals surface area contributed by atoms with E-state index in [0.717, 1.165) is 25.1 Å². The maximum atomic E-state index is 12.4. The summed E-state index contributed by atoms with van der Waals surface area (Å²) in [4.78, 5) is 12.4. The second-order valence-electron chi connectivity index (χ2n) is 7.27. The Labute approximate surface area is 156 Å². The first-order chi connectivity index (χ1) is 12.5. The van der Waals surface area contributed by atoms with E-state index in [9.17, 15) is 13.2 Å². The molecular formula is C19H29N3O3S. The van der Waals surface area contributed by atoms with Gasteiger partial charge < -0.3 is 10.6 Å². The molecule has 1 aromatic rings. The molecule has 1 amide bonds. The van der Waals surface area contributed by atoms with Gasteiger partial charge >= 0.3 is 0 Å². The quantitative estimate of drug-likeness (QED) is 0.757. The molecule has 0 radical (unpaired) electrons. The second kappa shape index (κ2) is 8.50. The van der Waals surface area contributed by atoms with Crippen molar-refractivity contribution in [3.63, 3.8) is 0 Å². The van der Waals surface area contributed by atoms with Gasteiger partial charge in [0, 0.05) is 38.6 Å². The zero-order valence-corrected chi connectivity index (χ0v) is 16.3. The summed E-state index contributed by atoms with van der Waals surface area (Å²) in [6, 6.07) is 6.34. The number of sulfonamides is 1. The highest BCUT2D eigenvalue weighted by atomic mass is 32.2. The molecule has 0 spiro atoms. The van der Waals surface area contributed by atoms with Crippen molar-refractivity contribution in [1.29, 1.82) is 0 Å². The minimum absolute atomic E-state index is 0.0363. The van der Waals surface area contributed by atoms with Gasteiger partial charge in [0.05, 0.1) is 5.75 Å². The van der Waals surface area contributed by atoms with Gasteiger partial charge in [0.2, 0.25) is 15.9 Å². The van der Waals surface area contributed by atoms with E-state index in [0.29, 0.717) is 38.9 Å². The summed E-state index contributed by atoms with van der Waals surface area (Å²) in [7, 11) is -3.16. The van der Waals surface area contributed by atoms with Gasteiger partial charge in [0.1, 0.15) is 0 Å². The van der Waals surface area contributed by atoms with Crippen molar-refractivity contribution in [2.75, 3.05) is 18.8 Å². The van der Waals surface area contributed by atoms with Crippen molar-refractivity contribution in [3.05, 3.63) is 34.9 Å². The average Bonchev–Trinajstić information content (AvgIpc) is 3.12. The Hall–Kier alpha value is -1.44. The average molecular weight is 380 g/mol. The highest BCUT2D eigenvalue weighted by Gasteiger charge is 2.30. The van der Waals surface area contributed by atoms with Crippen LogP contribution in [0.2, 0.25) is 0 Å². The third-order valence-corrected chi connectivity index (χ3v) is 7.30. The van der Waals surface area contributed by atoms with Crippen LogP contribution >= 0.6 is 0 Å². The van der Waals surface area contributed by atoms with Crippen LogP contribution in [0.4, 0.5) is 0 Å². The van der Waals surface area contributed by atoms with Crippen LogP contribution < -0.4 is 10.6 Å². The molecule has 2 heterocycles. The number of unbranched alkanes of at least 4 members (excludes halogenated alkanes) is 1. The summed E-state index contributed by atoms with van der Waals surface area (Å²) in [5.74, 6) is 0.158. The summed E-state index contributed by atoms with van der Waals surface area (Å²) >= 11 is 0. The zero-order valence-electron chi connectivity index (χ0n) is 15.5. The monoisotopic (exact) mass is 379 g/mol. The molecule has 0 bridgehead atoms. The largest absolute Gasteiger partial charge is 0.352 e. The van der Waals surface area contributed by atoms with Crippen LogP contribution in [0.1, 0.15) is 49.3 Å². The van der Waals surface area contributed by atoms with E-state index in [4.69, 9.17) is 0 Å². The van der Waals surface area contributed by atoms with Crippen molar-refractivity contribution >= 4 is 15.9 Å². The molecule has 2 aliphatic heterocycles. The Balaban J connectivity index is 1.46. The lowest BCUT2D eigenvalue weighted by atomic mass is 9.97. The molecule has 1 fully saturated rings. The highest BCUT2D eigenvalue weighted by molar-refractivity contribution is 7.89. The van der Waals surface area contributed by atoms with E-state index in [2.05, 4.69) is 28.8 Å². The van der Waals surface area contributed by atoms with Crippen LogP contribution in [0, 0.1) is 5.92 Å². The molecule has 0 unspecified atom stereocenters. The molecule has 3 rings (SSSR count). The summed E-state index contributed by atoms with van der Waals surface area (Å²) in [6.07, 6.45) is 2.77. The third kappa shape index (κ3) is 4.64. The van der Waals surface area contributed by atoms with Gasteiger partial charge in [0.25, 0.3) is 0 Å². The van der Waals surface area contributed by atoms with Gasteiger partial charge in [-0.25, -0.2) is 12.7 Å². The normalized spacial score (nSPS) is 18.7. The molecule has 0 aromatic heterocycles. The standard InChI is InChI=1S/C19H29N3O3S/c1-2-3-10-26(24,25)22-8-6-16(7-9-22)19(23)21-12-15-4-5-17-13-20-14-18(17)11-15/h4-5,11,16,20H,2-3,6-10,12-14H2,1H3,(H,21,23). The van der Waals surface area contributed by atoms with Crippen LogP contribution in [0.15, 0.2) is 18.2 Å². The second-order valence-corrected chi connectivity index (χ2v) is 9.36. The van der Waals surface area contributed by atoms with Gasteiger partial charge in [-0.3, -0.25) is 4.79 Å². The van der Waals surface area contributed by atoms with Crippen LogP contribution in [0.3, 0.4) is 0 Å². The smallest absolute Gasteiger partial charge is 0.223 e. The van der Waals surface area contributed by atoms with Crippen molar-refractivity contribution in [2.45, 2.75) is 52.2 Å². The molecule has 7 heteroatoms. The molecule has 0 atom stereocenters. The van der Waals surface area contributed by atoms with E-state index in [-0.39, 0.29) is 17.6 Å². The van der Waals surface area contributed by atoms with Crippen LogP contribution in [0.5, 0.6) is 0 Å². The fourth-order valence-corrected chi connectivity index (χ4v) is 5.32. The van der Waals surface area contributed by atoms with Crippen molar-refractivity contribution in [2.24, 2.45) is 5.92 Å². The van der Waals surface area contributed by atoms with Crippen molar-refractivity contribution < 1.29 is 13.2 Å². The summed E-state index contributed by atoms with van der Waals surface area (Å²) in [6.45, 7) is 5.23. The van der Waals surface area contributed by atoms with E-state index in [1.807, 2.05) is 6.92 Å². The number of fused-ring (bicyclic) bond motifs is 1. The SMILES string of the molecule is CCCCS(=O)(=O)N1CCC(C(=O)NCc2ccc3c(c2)CNC3)CC1. The molecule has 6 nitrogen and oxygen atoms in total. The topological polar surface area (TPSA) is 78.5 Å². The Morgan fingerprint density at radius 3 is 2.69 bits per heavy atom. The zero-order chi connectivity index (χ0) is 18.6. The van der Waals surface area contributed by atoms with Gasteiger partial charge in [-0.05, 0) is 36.0 Å². The minimum atomic E-state index is -3.16. The lowest BCUT2D eigenvalue weighted by Gasteiger charge is -2.30. The summed E-state index contributed by atoms with van der Waals surface area (Å²) in [5, 5.41) is 6.34. The summed E-state index contributed by atoms with van der Waals surface area (Å²) in [5.41, 5.74) is 3.75. The maximum Gasteiger partial charge on any atom is 0.223 e. The minimum Gasteiger partial charge on any atom is -0.352 e. The number of hydrogen-bond acceptors (Lipinski definition) is 4. The number of piperidine rings is 1. The first-order valence-corrected chi connectivity index (χ1v) is 11.2. The fraction of sp³-hybridized carbons (Fsp3) is 0.632. The number of carbonyl (C=O) groups excluding carboxylic acids is 1. The van der Waals surface area contributed by atoms with E-state index < -0.39 is 10.0 Å². The first kappa shape index (κ1) is 19.3. The number of nitrogens with zero attached hydrogens (tertiary/aromatic N) is 1. The Kier molecular flexibility index (Phi) is 6.32. The Bertz CT molecular complexity index is 740. The van der Waals surface area contributed by atoms with Gasteiger partial charge in [-0.15, -0.1) is 0 Å². The first-order valence-electron chi connectivity index (χ1n) is 9.56. The molecular weight excluding hydrogens is 350 g/mol. The van der Waals surface area contributed by atoms with E-state index in [1.54, 1.807) is 4.31 Å². The van der Waals surface area contributed by atoms with E-state index >= 15 is 0 Å². The fourth-order valence-electron chi connectivity index (χ4n) is 3.64. The lowest BCUT2D eigenvalue weighted by Crippen LogP contribution is -2.43. The third-order valence-electron chi connectivity index (χ3n) is 5.34. The molecule has 1 saturated heterocycles. The molecule has 0 saturated carbocycles. The van der Waals surface area contributed by atoms with Crippen molar-refractivity contribution in [3.8, 4) is 0 Å².